The van der Waals surface area contributed by atoms with Crippen LogP contribution in [0, 0.1) is 5.92 Å². The fourth-order valence-corrected chi connectivity index (χ4v) is 2.27. The molecule has 0 spiro atoms. The largest absolute Gasteiger partial charge is 0.396 e. The average molecular weight is 339 g/mol. The maximum atomic E-state index is 11.1. The van der Waals surface area contributed by atoms with E-state index in [1.54, 1.807) is 10.9 Å². The van der Waals surface area contributed by atoms with E-state index in [0.717, 1.165) is 28.7 Å². The molecule has 0 amide bonds. The van der Waals surface area contributed by atoms with Crippen molar-refractivity contribution in [2.24, 2.45) is 11.1 Å². The van der Waals surface area contributed by atoms with Crippen molar-refractivity contribution < 1.29 is 9.63 Å². The van der Waals surface area contributed by atoms with E-state index in [-0.39, 0.29) is 0 Å². The Balaban J connectivity index is 2.15. The molecule has 0 aliphatic heterocycles. The van der Waals surface area contributed by atoms with Gasteiger partial charge in [-0.15, -0.1) is 0 Å². The third-order valence-corrected chi connectivity index (χ3v) is 3.68. The molecule has 2 rings (SSSR count). The first-order valence-electron chi connectivity index (χ1n) is 8.39. The highest BCUT2D eigenvalue weighted by Gasteiger charge is 2.21. The van der Waals surface area contributed by atoms with Gasteiger partial charge in [-0.05, 0) is 44.3 Å². The summed E-state index contributed by atoms with van der Waals surface area (Å²) in [5.41, 5.74) is 3.69. The molecule has 1 heterocycles. The van der Waals surface area contributed by atoms with Gasteiger partial charge in [0.15, 0.2) is 0 Å². The highest BCUT2D eigenvalue weighted by molar-refractivity contribution is 6.06. The van der Waals surface area contributed by atoms with Crippen LogP contribution in [0.15, 0.2) is 47.8 Å². The van der Waals surface area contributed by atoms with Crippen LogP contribution in [0.4, 0.5) is 0 Å². The van der Waals surface area contributed by atoms with Gasteiger partial charge in [-0.3, -0.25) is 9.48 Å². The molecule has 1 aliphatic rings. The summed E-state index contributed by atoms with van der Waals surface area (Å²) in [5, 5.41) is 8.57. The highest BCUT2D eigenvalue weighted by atomic mass is 16.6. The summed E-state index contributed by atoms with van der Waals surface area (Å²) in [7, 11) is 0. The Labute approximate surface area is 149 Å². The molecule has 25 heavy (non-hydrogen) atoms. The first-order chi connectivity index (χ1) is 12.0. The Morgan fingerprint density at radius 2 is 2.24 bits per heavy atom. The number of hydrogen-bond acceptors (Lipinski definition) is 4. The van der Waals surface area contributed by atoms with Gasteiger partial charge in [0.25, 0.3) is 0 Å². The Hall–Kier alpha value is -2.69. The van der Waals surface area contributed by atoms with Gasteiger partial charge >= 0.3 is 0 Å². The van der Waals surface area contributed by atoms with Crippen molar-refractivity contribution in [3.63, 3.8) is 0 Å². The van der Waals surface area contributed by atoms with Gasteiger partial charge in [-0.2, -0.15) is 5.10 Å². The number of oxime groups is 1. The fraction of sp³-hybridized carbons (Fsp3) is 0.350. The summed E-state index contributed by atoms with van der Waals surface area (Å²) in [6.45, 7) is 12.7. The normalized spacial score (nSPS) is 15.0. The number of allylic oxidation sites excluding steroid dienone is 5. The zero-order chi connectivity index (χ0) is 18.2. The molecule has 1 aliphatic carbocycles. The third kappa shape index (κ3) is 6.03. The van der Waals surface area contributed by atoms with E-state index in [9.17, 15) is 4.79 Å². The number of carbonyl (C=O) groups is 1. The zero-order valence-electron chi connectivity index (χ0n) is 14.9. The molecule has 0 bridgehead atoms. The van der Waals surface area contributed by atoms with Gasteiger partial charge in [-0.25, -0.2) is 0 Å². The summed E-state index contributed by atoms with van der Waals surface area (Å²) in [6.07, 6.45) is 12.4. The molecule has 1 aromatic heterocycles. The van der Waals surface area contributed by atoms with Crippen LogP contribution in [0.2, 0.25) is 0 Å². The molecule has 5 nitrogen and oxygen atoms in total. The lowest BCUT2D eigenvalue weighted by Gasteiger charge is -2.03. The molecule has 0 saturated heterocycles. The standard InChI is InChI=1S/C20H25N3O2/c1-5-6-20-19(16(4)13-24)12-23(22-20)11-18(9-15(2)3)10-21-25-14-17-7-8-17/h5-6,9-10,12-13,17H,2,4,7-8,11,14H2,1,3H3/b6-5-,18-9+,21-10-. The molecule has 1 aromatic rings. The molecule has 0 atom stereocenters. The summed E-state index contributed by atoms with van der Waals surface area (Å²) in [5.74, 6) is 0.664. The van der Waals surface area contributed by atoms with Gasteiger partial charge in [0, 0.05) is 17.3 Å². The van der Waals surface area contributed by atoms with Crippen LogP contribution in [-0.2, 0) is 16.2 Å². The monoisotopic (exact) mass is 339 g/mol. The predicted octanol–water partition coefficient (Wildman–Crippen LogP) is 4.04. The lowest BCUT2D eigenvalue weighted by Crippen LogP contribution is -2.04. The smallest absolute Gasteiger partial charge is 0.150 e. The molecule has 1 fully saturated rings. The molecule has 1 saturated carbocycles. The fourth-order valence-electron chi connectivity index (χ4n) is 2.27. The van der Waals surface area contributed by atoms with Crippen LogP contribution in [0.5, 0.6) is 0 Å². The van der Waals surface area contributed by atoms with E-state index >= 15 is 0 Å². The summed E-state index contributed by atoms with van der Waals surface area (Å²) < 4.78 is 1.76. The number of rotatable bonds is 10. The quantitative estimate of drug-likeness (QED) is 0.212. The lowest BCUT2D eigenvalue weighted by molar-refractivity contribution is -0.103. The van der Waals surface area contributed by atoms with Crippen molar-refractivity contribution in [3.05, 3.63) is 53.9 Å². The Morgan fingerprint density at radius 1 is 1.48 bits per heavy atom. The van der Waals surface area contributed by atoms with Crippen molar-refractivity contribution >= 4 is 24.1 Å². The van der Waals surface area contributed by atoms with Crippen molar-refractivity contribution in [3.8, 4) is 0 Å². The van der Waals surface area contributed by atoms with E-state index in [2.05, 4.69) is 23.4 Å². The summed E-state index contributed by atoms with van der Waals surface area (Å²) in [4.78, 5) is 16.4. The molecular formula is C20H25N3O2. The maximum Gasteiger partial charge on any atom is 0.150 e. The van der Waals surface area contributed by atoms with Crippen molar-refractivity contribution in [2.45, 2.75) is 33.2 Å². The number of aldehydes is 1. The second-order valence-electron chi connectivity index (χ2n) is 6.31. The van der Waals surface area contributed by atoms with Gasteiger partial charge in [0.05, 0.1) is 18.5 Å². The number of aromatic nitrogens is 2. The highest BCUT2D eigenvalue weighted by Crippen LogP contribution is 2.28. The number of hydrogen-bond donors (Lipinski definition) is 0. The molecule has 5 heteroatoms. The predicted molar refractivity (Wildman–Crippen MR) is 102 cm³/mol. The SMILES string of the molecule is C=C(C)/C=C(\C=N/OCC1CC1)Cn1cc(C(=C)C=O)c(/C=C\C)n1. The van der Waals surface area contributed by atoms with Crippen LogP contribution in [0.25, 0.3) is 11.6 Å². The topological polar surface area (TPSA) is 56.5 Å². The van der Waals surface area contributed by atoms with Gasteiger partial charge < -0.3 is 4.84 Å². The van der Waals surface area contributed by atoms with Crippen molar-refractivity contribution in [1.82, 2.24) is 9.78 Å². The first kappa shape index (κ1) is 18.6. The van der Waals surface area contributed by atoms with Crippen LogP contribution in [-0.4, -0.2) is 28.9 Å². The Kier molecular flexibility index (Phi) is 6.69. The van der Waals surface area contributed by atoms with E-state index in [1.165, 1.54) is 12.8 Å². The molecule has 0 aromatic carbocycles. The zero-order valence-corrected chi connectivity index (χ0v) is 14.9. The van der Waals surface area contributed by atoms with E-state index < -0.39 is 0 Å². The third-order valence-electron chi connectivity index (χ3n) is 3.68. The van der Waals surface area contributed by atoms with Crippen LogP contribution < -0.4 is 0 Å². The minimum Gasteiger partial charge on any atom is -0.396 e. The van der Waals surface area contributed by atoms with Crippen molar-refractivity contribution in [1.29, 1.82) is 0 Å². The molecular weight excluding hydrogens is 314 g/mol. The van der Waals surface area contributed by atoms with Crippen LogP contribution in [0.1, 0.15) is 37.9 Å². The first-order valence-corrected chi connectivity index (χ1v) is 8.39. The maximum absolute atomic E-state index is 11.1. The number of carbonyl (C=O) groups excluding carboxylic acids is 1. The molecule has 0 radical (unpaired) electrons. The molecule has 0 unspecified atom stereocenters. The van der Waals surface area contributed by atoms with E-state index in [4.69, 9.17) is 4.84 Å². The Bertz CT molecular complexity index is 734. The minimum absolute atomic E-state index is 0.409. The van der Waals surface area contributed by atoms with Crippen LogP contribution in [0.3, 0.4) is 0 Å². The van der Waals surface area contributed by atoms with E-state index in [0.29, 0.717) is 24.6 Å². The second kappa shape index (κ2) is 8.97. The van der Waals surface area contributed by atoms with Gasteiger partial charge in [0.2, 0.25) is 0 Å². The second-order valence-corrected chi connectivity index (χ2v) is 6.31. The van der Waals surface area contributed by atoms with E-state index in [1.807, 2.05) is 38.3 Å². The average Bonchev–Trinajstić information content (AvgIpc) is 3.31. The molecule has 0 N–H and O–H groups in total. The number of nitrogens with zero attached hydrogens (tertiary/aromatic N) is 3. The van der Waals surface area contributed by atoms with Gasteiger partial charge in [0.1, 0.15) is 12.9 Å². The lowest BCUT2D eigenvalue weighted by atomic mass is 10.1. The summed E-state index contributed by atoms with van der Waals surface area (Å²) >= 11 is 0. The van der Waals surface area contributed by atoms with Crippen LogP contribution >= 0.6 is 0 Å². The van der Waals surface area contributed by atoms with Gasteiger partial charge in [-0.1, -0.05) is 36.0 Å². The Morgan fingerprint density at radius 3 is 2.84 bits per heavy atom. The van der Waals surface area contributed by atoms with Crippen molar-refractivity contribution in [2.75, 3.05) is 6.61 Å². The molecule has 132 valence electrons. The minimum atomic E-state index is 0.409. The summed E-state index contributed by atoms with van der Waals surface area (Å²) in [6, 6.07) is 0.